The molecule has 1 saturated heterocycles. The smallest absolute Gasteiger partial charge is 0.233 e. The van der Waals surface area contributed by atoms with E-state index in [-0.39, 0.29) is 17.6 Å². The van der Waals surface area contributed by atoms with Gasteiger partial charge < -0.3 is 9.64 Å². The number of methoxy groups -OCH3 is 1. The molecule has 7 heteroatoms. The van der Waals surface area contributed by atoms with Gasteiger partial charge in [0.05, 0.1) is 12.9 Å². The Kier molecular flexibility index (Phi) is 7.18. The standard InChI is InChI=1S/C26H29N3O3S/c1-18-14-19(2)16-22(15-18)29-13-10-27-26(29)33-17-24(30)28-11-8-21(9-12-28)25(31)20-4-6-23(32-3)7-5-20/h4-7,10,13-16,21H,8-9,11-12,17H2,1-3H3. The fourth-order valence-corrected chi connectivity index (χ4v) is 5.16. The zero-order valence-corrected chi connectivity index (χ0v) is 20.1. The molecule has 4 rings (SSSR count). The molecule has 1 aliphatic rings. The van der Waals surface area contributed by atoms with E-state index in [0.717, 1.165) is 16.6 Å². The highest BCUT2D eigenvalue weighted by molar-refractivity contribution is 7.99. The van der Waals surface area contributed by atoms with Gasteiger partial charge in [0, 0.05) is 42.7 Å². The Balaban J connectivity index is 1.31. The van der Waals surface area contributed by atoms with Crippen molar-refractivity contribution in [2.24, 2.45) is 5.92 Å². The molecule has 6 nitrogen and oxygen atoms in total. The first-order chi connectivity index (χ1) is 15.9. The van der Waals surface area contributed by atoms with Crippen molar-refractivity contribution in [2.45, 2.75) is 31.8 Å². The molecule has 33 heavy (non-hydrogen) atoms. The number of piperidine rings is 1. The average molecular weight is 464 g/mol. The van der Waals surface area contributed by atoms with Crippen molar-refractivity contribution < 1.29 is 14.3 Å². The van der Waals surface area contributed by atoms with Gasteiger partial charge in [-0.3, -0.25) is 14.2 Å². The van der Waals surface area contributed by atoms with Crippen LogP contribution in [-0.2, 0) is 4.79 Å². The molecule has 0 aliphatic carbocycles. The van der Waals surface area contributed by atoms with Gasteiger partial charge in [-0.05, 0) is 74.2 Å². The fraction of sp³-hybridized carbons (Fsp3) is 0.346. The monoisotopic (exact) mass is 463 g/mol. The highest BCUT2D eigenvalue weighted by Gasteiger charge is 2.28. The summed E-state index contributed by atoms with van der Waals surface area (Å²) in [5.41, 5.74) is 4.14. The number of rotatable bonds is 7. The van der Waals surface area contributed by atoms with Crippen molar-refractivity contribution >= 4 is 23.5 Å². The Bertz CT molecular complexity index is 1110. The number of hydrogen-bond donors (Lipinski definition) is 0. The van der Waals surface area contributed by atoms with Crippen molar-refractivity contribution in [3.63, 3.8) is 0 Å². The van der Waals surface area contributed by atoms with Crippen LogP contribution >= 0.6 is 11.8 Å². The Labute approximate surface area is 199 Å². The Hall–Kier alpha value is -3.06. The molecule has 0 unspecified atom stereocenters. The lowest BCUT2D eigenvalue weighted by molar-refractivity contribution is -0.129. The van der Waals surface area contributed by atoms with Crippen molar-refractivity contribution in [1.29, 1.82) is 0 Å². The highest BCUT2D eigenvalue weighted by atomic mass is 32.2. The summed E-state index contributed by atoms with van der Waals surface area (Å²) in [6.45, 7) is 5.37. The second-order valence-corrected chi connectivity index (χ2v) is 9.40. The number of Topliss-reactive ketones (excluding diaryl/α,β-unsaturated/α-hetero) is 1. The van der Waals surface area contributed by atoms with Crippen LogP contribution < -0.4 is 4.74 Å². The molecule has 1 fully saturated rings. The molecule has 2 heterocycles. The molecule has 0 radical (unpaired) electrons. The first kappa shape index (κ1) is 23.1. The fourth-order valence-electron chi connectivity index (χ4n) is 4.28. The van der Waals surface area contributed by atoms with Crippen LogP contribution in [0.4, 0.5) is 0 Å². The summed E-state index contributed by atoms with van der Waals surface area (Å²) in [6.07, 6.45) is 5.08. The molecule has 0 bridgehead atoms. The molecule has 0 saturated carbocycles. The number of likely N-dealkylation sites (tertiary alicyclic amines) is 1. The molecule has 0 N–H and O–H groups in total. The van der Waals surface area contributed by atoms with Gasteiger partial charge >= 0.3 is 0 Å². The molecule has 0 atom stereocenters. The second kappa shape index (κ2) is 10.3. The van der Waals surface area contributed by atoms with Crippen molar-refractivity contribution in [1.82, 2.24) is 14.5 Å². The lowest BCUT2D eigenvalue weighted by atomic mass is 9.89. The van der Waals surface area contributed by atoms with Crippen LogP contribution in [-0.4, -0.2) is 52.1 Å². The van der Waals surface area contributed by atoms with Crippen LogP contribution in [0.2, 0.25) is 0 Å². The number of amides is 1. The van der Waals surface area contributed by atoms with Gasteiger partial charge in [-0.15, -0.1) is 0 Å². The van der Waals surface area contributed by atoms with E-state index in [1.807, 2.05) is 39.9 Å². The number of carbonyl (C=O) groups excluding carboxylic acids is 2. The van der Waals surface area contributed by atoms with Crippen LogP contribution in [0.5, 0.6) is 5.75 Å². The van der Waals surface area contributed by atoms with Gasteiger partial charge in [0.25, 0.3) is 0 Å². The van der Waals surface area contributed by atoms with Crippen molar-refractivity contribution in [3.05, 3.63) is 71.5 Å². The van der Waals surface area contributed by atoms with E-state index >= 15 is 0 Å². The minimum Gasteiger partial charge on any atom is -0.497 e. The number of hydrogen-bond acceptors (Lipinski definition) is 5. The van der Waals surface area contributed by atoms with Gasteiger partial charge in [0.1, 0.15) is 5.75 Å². The molecule has 0 spiro atoms. The third-order valence-electron chi connectivity index (χ3n) is 6.01. The number of ether oxygens (including phenoxy) is 1. The number of thioether (sulfide) groups is 1. The summed E-state index contributed by atoms with van der Waals surface area (Å²) in [7, 11) is 1.61. The maximum atomic E-state index is 12.8. The number of benzene rings is 2. The molecule has 172 valence electrons. The van der Waals surface area contributed by atoms with E-state index in [1.54, 1.807) is 13.3 Å². The van der Waals surface area contributed by atoms with E-state index in [0.29, 0.717) is 37.2 Å². The van der Waals surface area contributed by atoms with E-state index < -0.39 is 0 Å². The van der Waals surface area contributed by atoms with Gasteiger partial charge in [-0.2, -0.15) is 0 Å². The topological polar surface area (TPSA) is 64.4 Å². The minimum atomic E-state index is -0.0430. The lowest BCUT2D eigenvalue weighted by Gasteiger charge is -2.31. The minimum absolute atomic E-state index is 0.0430. The first-order valence-electron chi connectivity index (χ1n) is 11.2. The summed E-state index contributed by atoms with van der Waals surface area (Å²) < 4.78 is 7.19. The Morgan fingerprint density at radius 3 is 2.36 bits per heavy atom. The van der Waals surface area contributed by atoms with Gasteiger partial charge in [0.15, 0.2) is 10.9 Å². The second-order valence-electron chi connectivity index (χ2n) is 8.46. The maximum Gasteiger partial charge on any atom is 0.233 e. The van der Waals surface area contributed by atoms with Crippen LogP contribution in [0.15, 0.2) is 60.0 Å². The number of carbonyl (C=O) groups is 2. The summed E-state index contributed by atoms with van der Waals surface area (Å²) in [5.74, 6) is 1.26. The van der Waals surface area contributed by atoms with Gasteiger partial charge in [0.2, 0.25) is 5.91 Å². The Morgan fingerprint density at radius 1 is 1.06 bits per heavy atom. The zero-order valence-electron chi connectivity index (χ0n) is 19.3. The lowest BCUT2D eigenvalue weighted by Crippen LogP contribution is -2.41. The summed E-state index contributed by atoms with van der Waals surface area (Å²) in [5, 5.41) is 0.804. The molecule has 1 aliphatic heterocycles. The highest BCUT2D eigenvalue weighted by Crippen LogP contribution is 2.26. The van der Waals surface area contributed by atoms with Crippen LogP contribution in [0.3, 0.4) is 0 Å². The molecular formula is C26H29N3O3S. The van der Waals surface area contributed by atoms with E-state index in [4.69, 9.17) is 4.74 Å². The Morgan fingerprint density at radius 2 is 1.73 bits per heavy atom. The van der Waals surface area contributed by atoms with E-state index in [1.165, 1.54) is 22.9 Å². The van der Waals surface area contributed by atoms with Crippen LogP contribution in [0.1, 0.15) is 34.3 Å². The largest absolute Gasteiger partial charge is 0.497 e. The summed E-state index contributed by atoms with van der Waals surface area (Å²) in [4.78, 5) is 32.0. The molecular weight excluding hydrogens is 434 g/mol. The number of ketones is 1. The quantitative estimate of drug-likeness (QED) is 0.375. The molecule has 3 aromatic rings. The van der Waals surface area contributed by atoms with Gasteiger partial charge in [-0.1, -0.05) is 17.8 Å². The third-order valence-corrected chi connectivity index (χ3v) is 6.96. The van der Waals surface area contributed by atoms with Crippen molar-refractivity contribution in [2.75, 3.05) is 26.0 Å². The number of imidazole rings is 1. The van der Waals surface area contributed by atoms with Gasteiger partial charge in [-0.25, -0.2) is 4.98 Å². The predicted octanol–water partition coefficient (Wildman–Crippen LogP) is 4.71. The zero-order chi connectivity index (χ0) is 23.4. The van der Waals surface area contributed by atoms with Crippen molar-refractivity contribution in [3.8, 4) is 11.4 Å². The summed E-state index contributed by atoms with van der Waals surface area (Å²) >= 11 is 1.45. The molecule has 1 aromatic heterocycles. The number of nitrogens with zero attached hydrogens (tertiary/aromatic N) is 3. The van der Waals surface area contributed by atoms with E-state index in [2.05, 4.69) is 37.0 Å². The predicted molar refractivity (Wildman–Crippen MR) is 130 cm³/mol. The normalized spacial score (nSPS) is 14.3. The third kappa shape index (κ3) is 5.47. The number of aromatic nitrogens is 2. The molecule has 2 aromatic carbocycles. The van der Waals surface area contributed by atoms with E-state index in [9.17, 15) is 9.59 Å². The SMILES string of the molecule is COc1ccc(C(=O)C2CCN(C(=O)CSc3nccn3-c3cc(C)cc(C)c3)CC2)cc1. The average Bonchev–Trinajstić information content (AvgIpc) is 3.30. The first-order valence-corrected chi connectivity index (χ1v) is 12.1. The maximum absolute atomic E-state index is 12.8. The summed E-state index contributed by atoms with van der Waals surface area (Å²) in [6, 6.07) is 13.6. The molecule has 1 amide bonds. The number of aryl methyl sites for hydroxylation is 2. The van der Waals surface area contributed by atoms with Crippen LogP contribution in [0.25, 0.3) is 5.69 Å². The van der Waals surface area contributed by atoms with Crippen LogP contribution in [0, 0.1) is 19.8 Å².